The first-order chi connectivity index (χ1) is 10.2. The number of ether oxygens (including phenoxy) is 1. The molecule has 0 atom stereocenters. The van der Waals surface area contributed by atoms with Crippen molar-refractivity contribution in [3.05, 3.63) is 63.1 Å². The van der Waals surface area contributed by atoms with Crippen molar-refractivity contribution in [1.82, 2.24) is 0 Å². The van der Waals surface area contributed by atoms with Crippen LogP contribution in [0.5, 0.6) is 5.75 Å². The highest BCUT2D eigenvalue weighted by molar-refractivity contribution is 9.10. The molecule has 21 heavy (non-hydrogen) atoms. The lowest BCUT2D eigenvalue weighted by molar-refractivity contribution is 0.338. The molecule has 0 unspecified atom stereocenters. The molecule has 106 valence electrons. The third kappa shape index (κ3) is 3.87. The highest BCUT2D eigenvalue weighted by atomic mass is 79.9. The molecule has 0 aliphatic carbocycles. The molecule has 2 nitrogen and oxygen atoms in total. The molecule has 0 saturated heterocycles. The minimum Gasteiger partial charge on any atom is -0.493 e. The number of nitrogens with zero attached hydrogens (tertiary/aromatic N) is 1. The Hall–Kier alpha value is -1.76. The number of hydrogen-bond donors (Lipinski definition) is 0. The summed E-state index contributed by atoms with van der Waals surface area (Å²) in [6, 6.07) is 15.2. The molecule has 0 spiro atoms. The summed E-state index contributed by atoms with van der Waals surface area (Å²) in [5.74, 6) is 0.783. The fourth-order valence-corrected chi connectivity index (χ4v) is 2.64. The van der Waals surface area contributed by atoms with Crippen LogP contribution in [-0.2, 0) is 0 Å². The van der Waals surface area contributed by atoms with E-state index in [1.807, 2.05) is 49.4 Å². The summed E-state index contributed by atoms with van der Waals surface area (Å²) in [4.78, 5) is 0. The highest BCUT2D eigenvalue weighted by Gasteiger charge is 2.07. The molecule has 0 fully saturated rings. The maximum Gasteiger partial charge on any atom is 0.133 e. The Morgan fingerprint density at radius 3 is 2.71 bits per heavy atom. The monoisotopic (exact) mass is 361 g/mol. The molecule has 0 bridgehead atoms. The first-order valence-corrected chi connectivity index (χ1v) is 7.62. The fraction of sp³-hybridized carbons (Fsp3) is 0.118. The standard InChI is InChI=1S/C17H13BrClNO/c1-2-21-17-8-7-12(10-15(17)18)9-13(11-20)14-5-3-4-6-16(14)19/h3-10H,2H2,1H3. The first-order valence-electron chi connectivity index (χ1n) is 6.44. The topological polar surface area (TPSA) is 33.0 Å². The van der Waals surface area contributed by atoms with Gasteiger partial charge in [0.2, 0.25) is 0 Å². The Bertz CT molecular complexity index is 719. The van der Waals surface area contributed by atoms with Crippen LogP contribution in [0.2, 0.25) is 5.02 Å². The molecular formula is C17H13BrClNO. The van der Waals surface area contributed by atoms with Crippen molar-refractivity contribution >= 4 is 39.2 Å². The zero-order chi connectivity index (χ0) is 15.2. The van der Waals surface area contributed by atoms with E-state index in [1.165, 1.54) is 0 Å². The second kappa shape index (κ2) is 7.31. The lowest BCUT2D eigenvalue weighted by Crippen LogP contribution is -1.92. The van der Waals surface area contributed by atoms with Crippen molar-refractivity contribution in [3.8, 4) is 11.8 Å². The minimum absolute atomic E-state index is 0.525. The summed E-state index contributed by atoms with van der Waals surface area (Å²) >= 11 is 9.61. The molecule has 0 aliphatic rings. The van der Waals surface area contributed by atoms with Gasteiger partial charge in [0.1, 0.15) is 5.75 Å². The molecule has 0 radical (unpaired) electrons. The average Bonchev–Trinajstić information content (AvgIpc) is 2.48. The van der Waals surface area contributed by atoms with Gasteiger partial charge < -0.3 is 4.74 Å². The minimum atomic E-state index is 0.525. The fourth-order valence-electron chi connectivity index (χ4n) is 1.90. The molecule has 2 aromatic rings. The molecule has 0 aromatic heterocycles. The average molecular weight is 363 g/mol. The van der Waals surface area contributed by atoms with Crippen molar-refractivity contribution in [1.29, 1.82) is 5.26 Å². The summed E-state index contributed by atoms with van der Waals surface area (Å²) in [6.45, 7) is 2.54. The first kappa shape index (κ1) is 15.6. The van der Waals surface area contributed by atoms with Gasteiger partial charge in [-0.25, -0.2) is 0 Å². The second-order valence-corrected chi connectivity index (χ2v) is 5.53. The highest BCUT2D eigenvalue weighted by Crippen LogP contribution is 2.29. The number of halogens is 2. The van der Waals surface area contributed by atoms with E-state index in [9.17, 15) is 5.26 Å². The van der Waals surface area contributed by atoms with E-state index in [0.717, 1.165) is 21.3 Å². The van der Waals surface area contributed by atoms with E-state index in [4.69, 9.17) is 16.3 Å². The van der Waals surface area contributed by atoms with Gasteiger partial charge in [-0.15, -0.1) is 0 Å². The largest absolute Gasteiger partial charge is 0.493 e. The zero-order valence-electron chi connectivity index (χ0n) is 11.4. The summed E-state index contributed by atoms with van der Waals surface area (Å²) in [5, 5.41) is 9.93. The molecule has 0 aliphatic heterocycles. The lowest BCUT2D eigenvalue weighted by Gasteiger charge is -2.07. The maximum atomic E-state index is 9.36. The van der Waals surface area contributed by atoms with Crippen LogP contribution in [-0.4, -0.2) is 6.61 Å². The van der Waals surface area contributed by atoms with Crippen LogP contribution in [0.3, 0.4) is 0 Å². The number of benzene rings is 2. The van der Waals surface area contributed by atoms with Gasteiger partial charge in [0.25, 0.3) is 0 Å². The second-order valence-electron chi connectivity index (χ2n) is 4.27. The van der Waals surface area contributed by atoms with Gasteiger partial charge in [-0.05, 0) is 52.7 Å². The zero-order valence-corrected chi connectivity index (χ0v) is 13.8. The quantitative estimate of drug-likeness (QED) is 0.526. The van der Waals surface area contributed by atoms with Crippen molar-refractivity contribution in [2.24, 2.45) is 0 Å². The molecular weight excluding hydrogens is 350 g/mol. The van der Waals surface area contributed by atoms with Crippen molar-refractivity contribution in [2.45, 2.75) is 6.92 Å². The smallest absolute Gasteiger partial charge is 0.133 e. The Kier molecular flexibility index (Phi) is 5.44. The van der Waals surface area contributed by atoms with Gasteiger partial charge in [-0.1, -0.05) is 35.9 Å². The van der Waals surface area contributed by atoms with E-state index in [2.05, 4.69) is 22.0 Å². The summed E-state index contributed by atoms with van der Waals surface area (Å²) in [5.41, 5.74) is 2.16. The lowest BCUT2D eigenvalue weighted by atomic mass is 10.0. The van der Waals surface area contributed by atoms with Crippen LogP contribution in [0.4, 0.5) is 0 Å². The normalized spacial score (nSPS) is 11.0. The van der Waals surface area contributed by atoms with E-state index >= 15 is 0 Å². The van der Waals surface area contributed by atoms with E-state index in [1.54, 1.807) is 6.07 Å². The van der Waals surface area contributed by atoms with Gasteiger partial charge in [-0.3, -0.25) is 0 Å². The SMILES string of the molecule is CCOc1ccc(C=C(C#N)c2ccccc2Cl)cc1Br. The van der Waals surface area contributed by atoms with Gasteiger partial charge in [0, 0.05) is 10.6 Å². The van der Waals surface area contributed by atoms with Gasteiger partial charge in [-0.2, -0.15) is 5.26 Å². The molecule has 2 rings (SSSR count). The molecule has 0 saturated carbocycles. The van der Waals surface area contributed by atoms with Crippen molar-refractivity contribution in [2.75, 3.05) is 6.61 Å². The maximum absolute atomic E-state index is 9.36. The van der Waals surface area contributed by atoms with Crippen LogP contribution in [0.15, 0.2) is 46.9 Å². The number of rotatable bonds is 4. The van der Waals surface area contributed by atoms with Crippen molar-refractivity contribution < 1.29 is 4.74 Å². The van der Waals surface area contributed by atoms with Crippen LogP contribution in [0.25, 0.3) is 11.6 Å². The van der Waals surface area contributed by atoms with E-state index in [0.29, 0.717) is 17.2 Å². The molecule has 0 heterocycles. The third-order valence-corrected chi connectivity index (χ3v) is 3.80. The molecule has 0 amide bonds. The number of nitriles is 1. The third-order valence-electron chi connectivity index (χ3n) is 2.85. The summed E-state index contributed by atoms with van der Waals surface area (Å²) in [7, 11) is 0. The van der Waals surface area contributed by atoms with E-state index in [-0.39, 0.29) is 0 Å². The Morgan fingerprint density at radius 2 is 2.10 bits per heavy atom. The van der Waals surface area contributed by atoms with Gasteiger partial charge >= 0.3 is 0 Å². The Balaban J connectivity index is 2.40. The van der Waals surface area contributed by atoms with Crippen LogP contribution >= 0.6 is 27.5 Å². The molecule has 2 aromatic carbocycles. The van der Waals surface area contributed by atoms with Gasteiger partial charge in [0.05, 0.1) is 22.7 Å². The Labute approximate surface area is 137 Å². The number of hydrogen-bond acceptors (Lipinski definition) is 2. The predicted molar refractivity (Wildman–Crippen MR) is 90.2 cm³/mol. The summed E-state index contributed by atoms with van der Waals surface area (Å²) < 4.78 is 6.33. The van der Waals surface area contributed by atoms with Crippen LogP contribution < -0.4 is 4.74 Å². The molecule has 0 N–H and O–H groups in total. The van der Waals surface area contributed by atoms with Gasteiger partial charge in [0.15, 0.2) is 0 Å². The van der Waals surface area contributed by atoms with Crippen LogP contribution in [0, 0.1) is 11.3 Å². The predicted octanol–water partition coefficient (Wildman–Crippen LogP) is 5.57. The van der Waals surface area contributed by atoms with Crippen molar-refractivity contribution in [3.63, 3.8) is 0 Å². The van der Waals surface area contributed by atoms with E-state index < -0.39 is 0 Å². The Morgan fingerprint density at radius 1 is 1.33 bits per heavy atom. The molecule has 4 heteroatoms. The number of allylic oxidation sites excluding steroid dienone is 1. The van der Waals surface area contributed by atoms with Crippen LogP contribution in [0.1, 0.15) is 18.1 Å². The summed E-state index contributed by atoms with van der Waals surface area (Å²) in [6.07, 6.45) is 1.81.